The molecule has 0 saturated carbocycles. The Morgan fingerprint density at radius 3 is 2.68 bits per heavy atom. The first kappa shape index (κ1) is 15.9. The van der Waals surface area contributed by atoms with Gasteiger partial charge in [0, 0.05) is 23.6 Å². The van der Waals surface area contributed by atoms with E-state index in [9.17, 15) is 4.79 Å². The van der Waals surface area contributed by atoms with Crippen molar-refractivity contribution in [3.05, 3.63) is 64.6 Å². The Kier molecular flexibility index (Phi) is 3.83. The molecule has 1 saturated heterocycles. The summed E-state index contributed by atoms with van der Waals surface area (Å²) in [7, 11) is 0. The van der Waals surface area contributed by atoms with Gasteiger partial charge in [0.1, 0.15) is 5.69 Å². The van der Waals surface area contributed by atoms with Crippen LogP contribution in [0.15, 0.2) is 36.5 Å². The van der Waals surface area contributed by atoms with Gasteiger partial charge >= 0.3 is 0 Å². The molecule has 1 aliphatic rings. The van der Waals surface area contributed by atoms with E-state index in [1.54, 1.807) is 6.20 Å². The van der Waals surface area contributed by atoms with E-state index in [-0.39, 0.29) is 11.9 Å². The van der Waals surface area contributed by atoms with Gasteiger partial charge in [-0.05, 0) is 62.4 Å². The van der Waals surface area contributed by atoms with Crippen LogP contribution in [-0.4, -0.2) is 27.3 Å². The van der Waals surface area contributed by atoms with E-state index in [1.807, 2.05) is 30.0 Å². The lowest BCUT2D eigenvalue weighted by Crippen LogP contribution is -2.31. The van der Waals surface area contributed by atoms with Gasteiger partial charge < -0.3 is 9.88 Å². The van der Waals surface area contributed by atoms with Crippen molar-refractivity contribution in [3.63, 3.8) is 0 Å². The smallest absolute Gasteiger partial charge is 0.271 e. The number of rotatable bonds is 2. The van der Waals surface area contributed by atoms with Gasteiger partial charge in [0.2, 0.25) is 0 Å². The summed E-state index contributed by atoms with van der Waals surface area (Å²) in [6, 6.07) is 10.2. The molecule has 0 bridgehead atoms. The number of aryl methyl sites for hydroxylation is 3. The second-order valence-electron chi connectivity index (χ2n) is 6.99. The molecule has 4 rings (SSSR count). The summed E-state index contributed by atoms with van der Waals surface area (Å²) in [5.41, 5.74) is 6.20. The quantitative estimate of drug-likeness (QED) is 0.752. The Morgan fingerprint density at radius 2 is 1.96 bits per heavy atom. The van der Waals surface area contributed by atoms with E-state index in [0.29, 0.717) is 0 Å². The number of benzene rings is 1. The van der Waals surface area contributed by atoms with E-state index in [1.165, 1.54) is 16.5 Å². The monoisotopic (exact) mass is 333 g/mol. The molecule has 1 atom stereocenters. The average Bonchev–Trinajstić information content (AvgIpc) is 3.24. The van der Waals surface area contributed by atoms with E-state index >= 15 is 0 Å². The average molecular weight is 333 g/mol. The zero-order valence-electron chi connectivity index (χ0n) is 15.0. The SMILES string of the molecule is Cc1ccc(C)c2c(C)c(C(=O)N3CCC[C@H]3c3ccccn3)[nH]c12. The number of nitrogens with one attached hydrogen (secondary N) is 1. The summed E-state index contributed by atoms with van der Waals surface area (Å²) in [6.07, 6.45) is 3.79. The van der Waals surface area contributed by atoms with Crippen molar-refractivity contribution in [2.45, 2.75) is 39.7 Å². The largest absolute Gasteiger partial charge is 0.350 e. The minimum absolute atomic E-state index is 0.0710. The Balaban J connectivity index is 1.76. The summed E-state index contributed by atoms with van der Waals surface area (Å²) >= 11 is 0. The molecule has 0 spiro atoms. The van der Waals surface area contributed by atoms with Gasteiger partial charge in [0.05, 0.1) is 11.7 Å². The highest BCUT2D eigenvalue weighted by atomic mass is 16.2. The van der Waals surface area contributed by atoms with Crippen LogP contribution < -0.4 is 0 Å². The molecular weight excluding hydrogens is 310 g/mol. The van der Waals surface area contributed by atoms with Crippen LogP contribution in [0.5, 0.6) is 0 Å². The lowest BCUT2D eigenvalue weighted by molar-refractivity contribution is 0.0727. The molecule has 2 aromatic heterocycles. The molecular formula is C21H23N3O. The summed E-state index contributed by atoms with van der Waals surface area (Å²) in [5.74, 6) is 0.0839. The molecule has 1 fully saturated rings. The summed E-state index contributed by atoms with van der Waals surface area (Å²) < 4.78 is 0. The molecule has 3 aromatic rings. The second kappa shape index (κ2) is 6.03. The zero-order chi connectivity index (χ0) is 17.6. The minimum Gasteiger partial charge on any atom is -0.350 e. The summed E-state index contributed by atoms with van der Waals surface area (Å²) in [5, 5.41) is 1.18. The second-order valence-corrected chi connectivity index (χ2v) is 6.99. The maximum absolute atomic E-state index is 13.3. The molecule has 0 radical (unpaired) electrons. The predicted molar refractivity (Wildman–Crippen MR) is 99.8 cm³/mol. The van der Waals surface area contributed by atoms with Crippen molar-refractivity contribution in [2.24, 2.45) is 0 Å². The third-order valence-corrected chi connectivity index (χ3v) is 5.38. The molecule has 0 aliphatic carbocycles. The number of hydrogen-bond acceptors (Lipinski definition) is 2. The topological polar surface area (TPSA) is 49.0 Å². The van der Waals surface area contributed by atoms with Gasteiger partial charge in [-0.15, -0.1) is 0 Å². The van der Waals surface area contributed by atoms with Gasteiger partial charge in [-0.2, -0.15) is 0 Å². The summed E-state index contributed by atoms with van der Waals surface area (Å²) in [4.78, 5) is 23.2. The number of pyridine rings is 1. The number of aromatic nitrogens is 2. The van der Waals surface area contributed by atoms with Crippen LogP contribution in [0.4, 0.5) is 0 Å². The molecule has 4 nitrogen and oxygen atoms in total. The van der Waals surface area contributed by atoms with E-state index in [2.05, 4.69) is 35.9 Å². The number of hydrogen-bond donors (Lipinski definition) is 1. The van der Waals surface area contributed by atoms with Crippen LogP contribution in [0.2, 0.25) is 0 Å². The first-order valence-electron chi connectivity index (χ1n) is 8.88. The zero-order valence-corrected chi connectivity index (χ0v) is 15.0. The fourth-order valence-corrected chi connectivity index (χ4v) is 4.05. The van der Waals surface area contributed by atoms with Crippen molar-refractivity contribution < 1.29 is 4.79 Å². The lowest BCUT2D eigenvalue weighted by atomic mass is 10.0. The van der Waals surface area contributed by atoms with Crippen LogP contribution in [0, 0.1) is 20.8 Å². The van der Waals surface area contributed by atoms with Gasteiger partial charge in [-0.1, -0.05) is 18.2 Å². The third kappa shape index (κ3) is 2.53. The number of carbonyl (C=O) groups excluding carboxylic acids is 1. The number of fused-ring (bicyclic) bond motifs is 1. The van der Waals surface area contributed by atoms with Crippen molar-refractivity contribution >= 4 is 16.8 Å². The van der Waals surface area contributed by atoms with Gasteiger partial charge in [0.25, 0.3) is 5.91 Å². The fraction of sp³-hybridized carbons (Fsp3) is 0.333. The van der Waals surface area contributed by atoms with Gasteiger partial charge in [-0.3, -0.25) is 9.78 Å². The highest BCUT2D eigenvalue weighted by Gasteiger charge is 2.33. The van der Waals surface area contributed by atoms with Gasteiger partial charge in [0.15, 0.2) is 0 Å². The minimum atomic E-state index is 0.0710. The number of carbonyl (C=O) groups is 1. The molecule has 1 aromatic carbocycles. The van der Waals surface area contributed by atoms with Crippen LogP contribution in [0.1, 0.15) is 51.8 Å². The first-order chi connectivity index (χ1) is 12.1. The third-order valence-electron chi connectivity index (χ3n) is 5.38. The van der Waals surface area contributed by atoms with Crippen LogP contribution >= 0.6 is 0 Å². The number of aromatic amines is 1. The predicted octanol–water partition coefficient (Wildman–Crippen LogP) is 4.47. The standard InChI is InChI=1S/C21H23N3O/c1-13-9-10-14(2)19-18(13)15(3)20(23-19)21(25)24-12-6-8-17(24)16-7-4-5-11-22-16/h4-5,7,9-11,17,23H,6,8,12H2,1-3H3/t17-/m0/s1. The van der Waals surface area contributed by atoms with Gasteiger partial charge in [-0.25, -0.2) is 0 Å². The lowest BCUT2D eigenvalue weighted by Gasteiger charge is -2.24. The van der Waals surface area contributed by atoms with E-state index in [0.717, 1.165) is 41.9 Å². The molecule has 25 heavy (non-hydrogen) atoms. The first-order valence-corrected chi connectivity index (χ1v) is 8.88. The molecule has 1 aliphatic heterocycles. The Hall–Kier alpha value is -2.62. The van der Waals surface area contributed by atoms with E-state index in [4.69, 9.17) is 0 Å². The molecule has 3 heterocycles. The number of amides is 1. The highest BCUT2D eigenvalue weighted by molar-refractivity contribution is 6.02. The number of H-pyrrole nitrogens is 1. The highest BCUT2D eigenvalue weighted by Crippen LogP contribution is 2.34. The van der Waals surface area contributed by atoms with Crippen molar-refractivity contribution in [2.75, 3.05) is 6.54 Å². The maximum atomic E-state index is 13.3. The van der Waals surface area contributed by atoms with Crippen LogP contribution in [-0.2, 0) is 0 Å². The fourth-order valence-electron chi connectivity index (χ4n) is 4.05. The van der Waals surface area contributed by atoms with Crippen LogP contribution in [0.3, 0.4) is 0 Å². The normalized spacial score (nSPS) is 17.4. The molecule has 0 unspecified atom stereocenters. The summed E-state index contributed by atoms with van der Waals surface area (Å²) in [6.45, 7) is 7.01. The Morgan fingerprint density at radius 1 is 1.16 bits per heavy atom. The van der Waals surface area contributed by atoms with Crippen molar-refractivity contribution in [1.82, 2.24) is 14.9 Å². The van der Waals surface area contributed by atoms with Crippen molar-refractivity contribution in [3.8, 4) is 0 Å². The van der Waals surface area contributed by atoms with E-state index < -0.39 is 0 Å². The molecule has 4 heteroatoms. The van der Waals surface area contributed by atoms with Crippen LogP contribution in [0.25, 0.3) is 10.9 Å². The molecule has 1 amide bonds. The number of likely N-dealkylation sites (tertiary alicyclic amines) is 1. The number of nitrogens with zero attached hydrogens (tertiary/aromatic N) is 2. The Labute approximate surface area is 147 Å². The Bertz CT molecular complexity index is 943. The van der Waals surface area contributed by atoms with Crippen molar-refractivity contribution in [1.29, 1.82) is 0 Å². The molecule has 1 N–H and O–H groups in total. The molecule has 128 valence electrons. The maximum Gasteiger partial charge on any atom is 0.271 e.